The number of hydrogen-bond acceptors (Lipinski definition) is 4. The molecular formula is C14H19NO3. The van der Waals surface area contributed by atoms with Crippen LogP contribution < -0.4 is 5.90 Å². The Balaban J connectivity index is 2.94. The number of rotatable bonds is 4. The SMILES string of the molecule is CC(C)(C)C(=O)C(Cc1ccccc1)C(=O)ON. The van der Waals surface area contributed by atoms with Crippen LogP contribution >= 0.6 is 0 Å². The summed E-state index contributed by atoms with van der Waals surface area (Å²) < 4.78 is 0. The van der Waals surface area contributed by atoms with Crippen LogP contribution in [0.3, 0.4) is 0 Å². The Morgan fingerprint density at radius 2 is 1.78 bits per heavy atom. The molecule has 0 spiro atoms. The van der Waals surface area contributed by atoms with E-state index in [1.807, 2.05) is 30.3 Å². The average molecular weight is 249 g/mol. The first kappa shape index (κ1) is 14.4. The molecule has 1 rings (SSSR count). The molecule has 98 valence electrons. The van der Waals surface area contributed by atoms with Gasteiger partial charge in [-0.25, -0.2) is 4.79 Å². The fourth-order valence-electron chi connectivity index (χ4n) is 1.74. The van der Waals surface area contributed by atoms with Crippen molar-refractivity contribution in [2.24, 2.45) is 17.2 Å². The normalized spacial score (nSPS) is 12.9. The van der Waals surface area contributed by atoms with Gasteiger partial charge in [-0.05, 0) is 12.0 Å². The van der Waals surface area contributed by atoms with Crippen molar-refractivity contribution < 1.29 is 14.4 Å². The van der Waals surface area contributed by atoms with E-state index in [2.05, 4.69) is 4.84 Å². The molecule has 4 nitrogen and oxygen atoms in total. The average Bonchev–Trinajstić information content (AvgIpc) is 2.34. The smallest absolute Gasteiger partial charge is 0.335 e. The molecule has 0 aliphatic carbocycles. The topological polar surface area (TPSA) is 69.4 Å². The highest BCUT2D eigenvalue weighted by Gasteiger charge is 2.35. The number of hydrogen-bond donors (Lipinski definition) is 1. The van der Waals surface area contributed by atoms with Gasteiger partial charge in [0.05, 0.1) is 0 Å². The van der Waals surface area contributed by atoms with Crippen LogP contribution in [-0.4, -0.2) is 11.8 Å². The monoisotopic (exact) mass is 249 g/mol. The van der Waals surface area contributed by atoms with Crippen molar-refractivity contribution >= 4 is 11.8 Å². The molecule has 0 fully saturated rings. The van der Waals surface area contributed by atoms with Gasteiger partial charge in [0.15, 0.2) is 5.78 Å². The Morgan fingerprint density at radius 1 is 1.22 bits per heavy atom. The minimum absolute atomic E-state index is 0.165. The first-order chi connectivity index (χ1) is 8.36. The number of Topliss-reactive ketones (excluding diaryl/α,β-unsaturated/α-hetero) is 1. The maximum atomic E-state index is 12.2. The molecule has 1 aromatic rings. The lowest BCUT2D eigenvalue weighted by atomic mass is 9.80. The molecule has 0 aliphatic heterocycles. The molecule has 1 aromatic carbocycles. The van der Waals surface area contributed by atoms with Gasteiger partial charge in [-0.15, -0.1) is 0 Å². The standard InChI is InChI=1S/C14H19NO3/c1-14(2,3)12(16)11(13(17)18-15)9-10-7-5-4-6-8-10/h4-8,11H,9,15H2,1-3H3. The molecule has 0 aliphatic rings. The fourth-order valence-corrected chi connectivity index (χ4v) is 1.74. The van der Waals surface area contributed by atoms with Crippen molar-refractivity contribution in [1.29, 1.82) is 0 Å². The second-order valence-electron chi connectivity index (χ2n) is 5.29. The lowest BCUT2D eigenvalue weighted by Gasteiger charge is -2.22. The van der Waals surface area contributed by atoms with Crippen LogP contribution in [0.25, 0.3) is 0 Å². The van der Waals surface area contributed by atoms with Crippen LogP contribution in [0.1, 0.15) is 26.3 Å². The number of nitrogens with two attached hydrogens (primary N) is 1. The third kappa shape index (κ3) is 3.67. The first-order valence-electron chi connectivity index (χ1n) is 5.85. The Bertz CT molecular complexity index is 420. The van der Waals surface area contributed by atoms with E-state index in [-0.39, 0.29) is 5.78 Å². The summed E-state index contributed by atoms with van der Waals surface area (Å²) in [6, 6.07) is 9.34. The Labute approximate surface area is 107 Å². The summed E-state index contributed by atoms with van der Waals surface area (Å²) in [6.07, 6.45) is 0.312. The van der Waals surface area contributed by atoms with Crippen molar-refractivity contribution in [1.82, 2.24) is 0 Å². The molecule has 0 amide bonds. The molecule has 18 heavy (non-hydrogen) atoms. The summed E-state index contributed by atoms with van der Waals surface area (Å²) >= 11 is 0. The second kappa shape index (κ2) is 5.78. The molecule has 0 saturated carbocycles. The number of ketones is 1. The van der Waals surface area contributed by atoms with Crippen molar-refractivity contribution in [3.63, 3.8) is 0 Å². The molecule has 4 heteroatoms. The van der Waals surface area contributed by atoms with Crippen molar-refractivity contribution in [3.05, 3.63) is 35.9 Å². The van der Waals surface area contributed by atoms with Gasteiger partial charge in [-0.2, -0.15) is 5.90 Å². The van der Waals surface area contributed by atoms with Crippen LogP contribution in [0, 0.1) is 11.3 Å². The van der Waals surface area contributed by atoms with Crippen molar-refractivity contribution in [2.75, 3.05) is 0 Å². The van der Waals surface area contributed by atoms with E-state index in [9.17, 15) is 9.59 Å². The summed E-state index contributed by atoms with van der Waals surface area (Å²) in [5, 5.41) is 0. The molecule has 0 heterocycles. The van der Waals surface area contributed by atoms with Crippen LogP contribution in [0.4, 0.5) is 0 Å². The van der Waals surface area contributed by atoms with Crippen LogP contribution in [0.2, 0.25) is 0 Å². The third-order valence-electron chi connectivity index (χ3n) is 2.74. The lowest BCUT2D eigenvalue weighted by Crippen LogP contribution is -2.37. The van der Waals surface area contributed by atoms with Gasteiger partial charge in [0.25, 0.3) is 0 Å². The molecular weight excluding hydrogens is 230 g/mol. The first-order valence-corrected chi connectivity index (χ1v) is 5.85. The van der Waals surface area contributed by atoms with Gasteiger partial charge in [-0.3, -0.25) is 4.79 Å². The van der Waals surface area contributed by atoms with E-state index in [0.29, 0.717) is 6.42 Å². The van der Waals surface area contributed by atoms with Gasteiger partial charge >= 0.3 is 5.97 Å². The van der Waals surface area contributed by atoms with Crippen molar-refractivity contribution in [3.8, 4) is 0 Å². The van der Waals surface area contributed by atoms with Crippen LogP contribution in [-0.2, 0) is 20.8 Å². The van der Waals surface area contributed by atoms with Crippen molar-refractivity contribution in [2.45, 2.75) is 27.2 Å². The van der Waals surface area contributed by atoms with E-state index in [1.54, 1.807) is 20.8 Å². The highest BCUT2D eigenvalue weighted by atomic mass is 16.7. The highest BCUT2D eigenvalue weighted by Crippen LogP contribution is 2.23. The predicted octanol–water partition coefficient (Wildman–Crippen LogP) is 1.88. The number of benzene rings is 1. The maximum absolute atomic E-state index is 12.2. The zero-order chi connectivity index (χ0) is 13.8. The predicted molar refractivity (Wildman–Crippen MR) is 68.4 cm³/mol. The third-order valence-corrected chi connectivity index (χ3v) is 2.74. The summed E-state index contributed by atoms with van der Waals surface area (Å²) in [5.41, 5.74) is 0.304. The number of carbonyl (C=O) groups excluding carboxylic acids is 2. The van der Waals surface area contributed by atoms with Crippen LogP contribution in [0.15, 0.2) is 30.3 Å². The molecule has 1 unspecified atom stereocenters. The van der Waals surface area contributed by atoms with E-state index in [4.69, 9.17) is 5.90 Å². The summed E-state index contributed by atoms with van der Waals surface area (Å²) in [5.74, 6) is 3.21. The highest BCUT2D eigenvalue weighted by molar-refractivity contribution is 6.01. The molecule has 1 atom stereocenters. The molecule has 0 radical (unpaired) electrons. The summed E-state index contributed by atoms with van der Waals surface area (Å²) in [4.78, 5) is 28.1. The van der Waals surface area contributed by atoms with E-state index in [1.165, 1.54) is 0 Å². The van der Waals surface area contributed by atoms with Crippen LogP contribution in [0.5, 0.6) is 0 Å². The minimum atomic E-state index is -0.850. The van der Waals surface area contributed by atoms with Gasteiger partial charge < -0.3 is 4.84 Å². The zero-order valence-electron chi connectivity index (χ0n) is 11.0. The Kier molecular flexibility index (Phi) is 4.62. The van der Waals surface area contributed by atoms with Gasteiger partial charge in [0.2, 0.25) is 0 Å². The molecule has 0 saturated heterocycles. The van der Waals surface area contributed by atoms with E-state index >= 15 is 0 Å². The zero-order valence-corrected chi connectivity index (χ0v) is 11.0. The Hall–Kier alpha value is -1.68. The second-order valence-corrected chi connectivity index (χ2v) is 5.29. The fraction of sp³-hybridized carbons (Fsp3) is 0.429. The lowest BCUT2D eigenvalue weighted by molar-refractivity contribution is -0.154. The molecule has 2 N–H and O–H groups in total. The summed E-state index contributed by atoms with van der Waals surface area (Å²) in [6.45, 7) is 5.32. The molecule has 0 bridgehead atoms. The molecule has 0 aromatic heterocycles. The van der Waals surface area contributed by atoms with Gasteiger partial charge in [0, 0.05) is 5.41 Å². The summed E-state index contributed by atoms with van der Waals surface area (Å²) in [7, 11) is 0. The van der Waals surface area contributed by atoms with E-state index < -0.39 is 17.3 Å². The quantitative estimate of drug-likeness (QED) is 0.653. The Morgan fingerprint density at radius 3 is 2.22 bits per heavy atom. The minimum Gasteiger partial charge on any atom is -0.373 e. The number of carbonyl (C=O) groups is 2. The maximum Gasteiger partial charge on any atom is 0.335 e. The largest absolute Gasteiger partial charge is 0.373 e. The van der Waals surface area contributed by atoms with E-state index in [0.717, 1.165) is 5.56 Å². The van der Waals surface area contributed by atoms with Gasteiger partial charge in [0.1, 0.15) is 5.92 Å². The van der Waals surface area contributed by atoms with Gasteiger partial charge in [-0.1, -0.05) is 51.1 Å².